The minimum Gasteiger partial charge on any atom is -0.362 e. The van der Waals surface area contributed by atoms with Crippen molar-refractivity contribution in [1.82, 2.24) is 9.80 Å². The molecule has 0 amide bonds. The molecule has 1 aliphatic heterocycles. The lowest BCUT2D eigenvalue weighted by molar-refractivity contribution is 0.277. The van der Waals surface area contributed by atoms with Crippen LogP contribution in [0.2, 0.25) is 0 Å². The summed E-state index contributed by atoms with van der Waals surface area (Å²) < 4.78 is 0. The molecule has 1 rings (SSSR count). The molecule has 42 heavy (non-hydrogen) atoms. The monoisotopic (exact) mass is 589 g/mol. The molecule has 250 valence electrons. The zero-order chi connectivity index (χ0) is 30.2. The molecule has 0 radical (unpaired) electrons. The first-order valence-electron chi connectivity index (χ1n) is 19.9. The predicted octanol–water partition coefficient (Wildman–Crippen LogP) is 13.8. The number of rotatable bonds is 34. The number of hydrogen-bond donors (Lipinski definition) is 0. The van der Waals surface area contributed by atoms with E-state index in [9.17, 15) is 0 Å². The van der Waals surface area contributed by atoms with Crippen LogP contribution in [0.5, 0.6) is 0 Å². The summed E-state index contributed by atoms with van der Waals surface area (Å²) in [6, 6.07) is 0. The molecule has 0 aromatic carbocycles. The second kappa shape index (κ2) is 31.8. The van der Waals surface area contributed by atoms with E-state index in [2.05, 4.69) is 43.1 Å². The maximum absolute atomic E-state index is 2.50. The van der Waals surface area contributed by atoms with E-state index >= 15 is 0 Å². The number of unbranched alkanes of at least 4 members (excludes halogenated alkanes) is 26. The fourth-order valence-corrected chi connectivity index (χ4v) is 7.01. The van der Waals surface area contributed by atoms with Crippen molar-refractivity contribution in [1.29, 1.82) is 0 Å². The summed E-state index contributed by atoms with van der Waals surface area (Å²) in [5.74, 6) is 0.976. The van der Waals surface area contributed by atoms with Crippen LogP contribution in [0.1, 0.15) is 219 Å². The van der Waals surface area contributed by atoms with Crippen molar-refractivity contribution < 1.29 is 0 Å². The van der Waals surface area contributed by atoms with E-state index in [-0.39, 0.29) is 0 Å². The Morgan fingerprint density at radius 3 is 1.02 bits per heavy atom. The van der Waals surface area contributed by atoms with Crippen LogP contribution < -0.4 is 0 Å². The molecule has 1 aliphatic rings. The summed E-state index contributed by atoms with van der Waals surface area (Å²) >= 11 is 0. The first kappa shape index (κ1) is 39.4. The number of nitrogens with zero attached hydrogens (tertiary/aromatic N) is 2. The first-order valence-corrected chi connectivity index (χ1v) is 19.9. The van der Waals surface area contributed by atoms with Crippen LogP contribution in [-0.2, 0) is 0 Å². The van der Waals surface area contributed by atoms with Gasteiger partial charge in [-0.05, 0) is 18.8 Å². The maximum atomic E-state index is 2.50. The topological polar surface area (TPSA) is 6.48 Å². The van der Waals surface area contributed by atoms with Gasteiger partial charge in [-0.2, -0.15) is 0 Å². The lowest BCUT2D eigenvalue weighted by Crippen LogP contribution is -2.23. The minimum atomic E-state index is 0.976. The van der Waals surface area contributed by atoms with Gasteiger partial charge < -0.3 is 9.80 Å². The Labute approximate surface area is 267 Å². The van der Waals surface area contributed by atoms with Gasteiger partial charge in [0, 0.05) is 26.0 Å². The Balaban J connectivity index is 2.03. The van der Waals surface area contributed by atoms with Gasteiger partial charge in [0.2, 0.25) is 0 Å². The smallest absolute Gasteiger partial charge is 0.0890 e. The minimum absolute atomic E-state index is 0.976. The van der Waals surface area contributed by atoms with Crippen molar-refractivity contribution in [3.63, 3.8) is 0 Å². The van der Waals surface area contributed by atoms with Crippen LogP contribution in [0.15, 0.2) is 12.4 Å². The third kappa shape index (κ3) is 26.9. The van der Waals surface area contributed by atoms with E-state index in [0.717, 1.165) is 12.6 Å². The van der Waals surface area contributed by atoms with Crippen LogP contribution in [0, 0.1) is 5.92 Å². The van der Waals surface area contributed by atoms with Crippen LogP contribution in [-0.4, -0.2) is 30.1 Å². The molecular formula is C40H80N2. The van der Waals surface area contributed by atoms with Gasteiger partial charge in [0.25, 0.3) is 0 Å². The third-order valence-corrected chi connectivity index (χ3v) is 9.93. The highest BCUT2D eigenvalue weighted by Crippen LogP contribution is 2.24. The lowest BCUT2D eigenvalue weighted by Gasteiger charge is -2.21. The molecule has 0 saturated heterocycles. The van der Waals surface area contributed by atoms with Gasteiger partial charge in [-0.3, -0.25) is 0 Å². The molecule has 0 aliphatic carbocycles. The molecule has 2 heteroatoms. The van der Waals surface area contributed by atoms with E-state index in [1.54, 1.807) is 0 Å². The summed E-state index contributed by atoms with van der Waals surface area (Å²) in [6.07, 6.45) is 51.4. The van der Waals surface area contributed by atoms with Crippen LogP contribution >= 0.6 is 0 Å². The molecule has 0 aromatic heterocycles. The molecule has 0 fully saturated rings. The van der Waals surface area contributed by atoms with E-state index < -0.39 is 0 Å². The SMILES string of the molecule is CCCCCCCCCCCCCCCCC(CCCCCCCCCCCCCCCC)CCCN1C=CN(C)C1. The second-order valence-corrected chi connectivity index (χ2v) is 14.3. The van der Waals surface area contributed by atoms with Crippen molar-refractivity contribution in [2.45, 2.75) is 219 Å². The molecule has 0 unspecified atom stereocenters. The highest BCUT2D eigenvalue weighted by atomic mass is 15.3. The van der Waals surface area contributed by atoms with Crippen molar-refractivity contribution >= 4 is 0 Å². The van der Waals surface area contributed by atoms with Gasteiger partial charge in [-0.25, -0.2) is 0 Å². The van der Waals surface area contributed by atoms with Gasteiger partial charge in [-0.15, -0.1) is 0 Å². The van der Waals surface area contributed by atoms with Crippen molar-refractivity contribution in [2.24, 2.45) is 5.92 Å². The molecule has 0 aromatic rings. The van der Waals surface area contributed by atoms with Gasteiger partial charge in [0.05, 0.1) is 6.67 Å². The Hall–Kier alpha value is -0.660. The Kier molecular flexibility index (Phi) is 29.8. The van der Waals surface area contributed by atoms with Gasteiger partial charge in [-0.1, -0.05) is 206 Å². The molecule has 0 spiro atoms. The van der Waals surface area contributed by atoms with Gasteiger partial charge >= 0.3 is 0 Å². The summed E-state index contributed by atoms with van der Waals surface area (Å²) in [5, 5.41) is 0. The summed E-state index contributed by atoms with van der Waals surface area (Å²) in [4.78, 5) is 4.79. The maximum Gasteiger partial charge on any atom is 0.0890 e. The largest absolute Gasteiger partial charge is 0.362 e. The highest BCUT2D eigenvalue weighted by Gasteiger charge is 2.12. The van der Waals surface area contributed by atoms with E-state index in [1.165, 1.54) is 212 Å². The summed E-state index contributed by atoms with van der Waals surface area (Å²) in [6.45, 7) is 6.96. The fraction of sp³-hybridized carbons (Fsp3) is 0.950. The van der Waals surface area contributed by atoms with Crippen molar-refractivity contribution in [2.75, 3.05) is 20.3 Å². The molecule has 0 atom stereocenters. The predicted molar refractivity (Wildman–Crippen MR) is 191 cm³/mol. The van der Waals surface area contributed by atoms with E-state index in [4.69, 9.17) is 0 Å². The van der Waals surface area contributed by atoms with Crippen LogP contribution in [0.4, 0.5) is 0 Å². The van der Waals surface area contributed by atoms with Crippen molar-refractivity contribution in [3.05, 3.63) is 12.4 Å². The first-order chi connectivity index (χ1) is 20.8. The summed E-state index contributed by atoms with van der Waals surface area (Å²) in [5.41, 5.74) is 0. The molecule has 0 N–H and O–H groups in total. The Morgan fingerprint density at radius 2 is 0.714 bits per heavy atom. The summed E-state index contributed by atoms with van der Waals surface area (Å²) in [7, 11) is 2.19. The Morgan fingerprint density at radius 1 is 0.405 bits per heavy atom. The Bertz CT molecular complexity index is 512. The van der Waals surface area contributed by atoms with Gasteiger partial charge in [0.15, 0.2) is 0 Å². The second-order valence-electron chi connectivity index (χ2n) is 14.3. The average molecular weight is 589 g/mol. The third-order valence-electron chi connectivity index (χ3n) is 9.93. The fourth-order valence-electron chi connectivity index (χ4n) is 7.01. The molecule has 1 heterocycles. The van der Waals surface area contributed by atoms with E-state index in [1.807, 2.05) is 0 Å². The normalized spacial score (nSPS) is 13.3. The quantitative estimate of drug-likeness (QED) is 0.0690. The highest BCUT2D eigenvalue weighted by molar-refractivity contribution is 4.88. The van der Waals surface area contributed by atoms with Crippen molar-refractivity contribution in [3.8, 4) is 0 Å². The molecule has 0 saturated carbocycles. The van der Waals surface area contributed by atoms with Crippen LogP contribution in [0.3, 0.4) is 0 Å². The average Bonchev–Trinajstić information content (AvgIpc) is 3.41. The lowest BCUT2D eigenvalue weighted by atomic mass is 9.90. The van der Waals surface area contributed by atoms with E-state index in [0.29, 0.717) is 0 Å². The zero-order valence-electron chi connectivity index (χ0n) is 29.7. The molecule has 0 bridgehead atoms. The standard InChI is InChI=1S/C40H80N2/c1-4-6-8-10-12-14-16-18-20-22-24-26-28-30-33-40(35-32-36-42-38-37-41(3)39-42)34-31-29-27-25-23-21-19-17-15-13-11-9-7-5-2/h37-38,40H,4-36,39H2,1-3H3. The van der Waals surface area contributed by atoms with Gasteiger partial charge in [0.1, 0.15) is 0 Å². The molecule has 2 nitrogen and oxygen atoms in total. The number of hydrogen-bond acceptors (Lipinski definition) is 2. The van der Waals surface area contributed by atoms with Crippen LogP contribution in [0.25, 0.3) is 0 Å². The molecular weight excluding hydrogens is 508 g/mol. The zero-order valence-corrected chi connectivity index (χ0v) is 29.7.